The standard InChI is InChI=1S/C9H8N2O2S/c12-14(13)11-9-8-4-2-1-3-7(8)5-6-10-9/h1-6H,(H,10,11)(H,12,13)/p-1. The minimum absolute atomic E-state index is 0.358. The van der Waals surface area contributed by atoms with Gasteiger partial charge < -0.3 is 4.55 Å². The number of hydrogen-bond donors (Lipinski definition) is 1. The maximum atomic E-state index is 10.5. The Balaban J connectivity index is 2.59. The smallest absolute Gasteiger partial charge is 0.144 e. The first-order valence-electron chi connectivity index (χ1n) is 3.97. The summed E-state index contributed by atoms with van der Waals surface area (Å²) in [6.45, 7) is 0. The van der Waals surface area contributed by atoms with Crippen molar-refractivity contribution in [3.8, 4) is 0 Å². The molecular weight excluding hydrogens is 200 g/mol. The van der Waals surface area contributed by atoms with Gasteiger partial charge in [0.2, 0.25) is 0 Å². The van der Waals surface area contributed by atoms with Gasteiger partial charge >= 0.3 is 0 Å². The first-order chi connectivity index (χ1) is 6.77. The molecule has 0 aliphatic rings. The summed E-state index contributed by atoms with van der Waals surface area (Å²) in [5.74, 6) is 0.358. The number of nitrogens with zero attached hydrogens (tertiary/aromatic N) is 1. The van der Waals surface area contributed by atoms with Gasteiger partial charge in [-0.25, -0.2) is 4.98 Å². The van der Waals surface area contributed by atoms with Crippen LogP contribution in [0.25, 0.3) is 10.8 Å². The van der Waals surface area contributed by atoms with Gasteiger partial charge in [0.05, 0.1) is 0 Å². The molecule has 0 saturated heterocycles. The van der Waals surface area contributed by atoms with E-state index in [2.05, 4.69) is 9.71 Å². The molecule has 1 aromatic heterocycles. The Morgan fingerprint density at radius 3 is 2.86 bits per heavy atom. The maximum absolute atomic E-state index is 10.5. The Hall–Kier alpha value is -1.46. The summed E-state index contributed by atoms with van der Waals surface area (Å²) in [5, 5.41) is 1.75. The molecule has 0 bridgehead atoms. The summed E-state index contributed by atoms with van der Waals surface area (Å²) in [6, 6.07) is 9.27. The van der Waals surface area contributed by atoms with Crippen LogP contribution < -0.4 is 4.72 Å². The number of anilines is 1. The molecule has 0 aliphatic carbocycles. The second kappa shape index (κ2) is 3.73. The molecule has 0 aliphatic heterocycles. The van der Waals surface area contributed by atoms with Crippen LogP contribution in [-0.2, 0) is 11.3 Å². The van der Waals surface area contributed by atoms with Gasteiger partial charge in [0.25, 0.3) is 0 Å². The summed E-state index contributed by atoms with van der Waals surface area (Å²) < 4.78 is 23.2. The molecule has 5 heteroatoms. The van der Waals surface area contributed by atoms with Crippen molar-refractivity contribution < 1.29 is 8.76 Å². The molecule has 1 unspecified atom stereocenters. The average molecular weight is 207 g/mol. The number of benzene rings is 1. The molecule has 1 aromatic carbocycles. The number of rotatable bonds is 2. The predicted molar refractivity (Wildman–Crippen MR) is 54.3 cm³/mol. The lowest BCUT2D eigenvalue weighted by Crippen LogP contribution is -2.04. The van der Waals surface area contributed by atoms with Crippen molar-refractivity contribution in [3.63, 3.8) is 0 Å². The van der Waals surface area contributed by atoms with E-state index in [9.17, 15) is 8.76 Å². The molecule has 1 heterocycles. The van der Waals surface area contributed by atoms with E-state index in [1.807, 2.05) is 30.3 Å². The molecule has 2 aromatic rings. The van der Waals surface area contributed by atoms with Crippen molar-refractivity contribution in [2.75, 3.05) is 4.72 Å². The largest absolute Gasteiger partial charge is 0.755 e. The molecule has 4 nitrogen and oxygen atoms in total. The second-order valence-electron chi connectivity index (χ2n) is 2.72. The molecule has 0 amide bonds. The Labute approximate surface area is 83.4 Å². The van der Waals surface area contributed by atoms with Crippen LogP contribution >= 0.6 is 0 Å². The number of fused-ring (bicyclic) bond motifs is 1. The molecule has 0 spiro atoms. The fourth-order valence-electron chi connectivity index (χ4n) is 1.28. The molecule has 72 valence electrons. The zero-order valence-corrected chi connectivity index (χ0v) is 7.95. The SMILES string of the molecule is O=S([O-])Nc1nccc2ccccc12. The third-order valence-corrected chi connectivity index (χ3v) is 2.21. The summed E-state index contributed by atoms with van der Waals surface area (Å²) >= 11 is -2.34. The van der Waals surface area contributed by atoms with Crippen LogP contribution in [0.2, 0.25) is 0 Å². The van der Waals surface area contributed by atoms with Crippen molar-refractivity contribution in [1.29, 1.82) is 0 Å². The highest BCUT2D eigenvalue weighted by Gasteiger charge is 1.99. The van der Waals surface area contributed by atoms with Crippen LogP contribution in [0, 0.1) is 0 Å². The summed E-state index contributed by atoms with van der Waals surface area (Å²) in [4.78, 5) is 3.94. The highest BCUT2D eigenvalue weighted by molar-refractivity contribution is 7.80. The Kier molecular flexibility index (Phi) is 2.43. The van der Waals surface area contributed by atoms with Gasteiger partial charge in [0.15, 0.2) is 0 Å². The van der Waals surface area contributed by atoms with Gasteiger partial charge in [-0.05, 0) is 11.5 Å². The van der Waals surface area contributed by atoms with Crippen LogP contribution in [0.3, 0.4) is 0 Å². The Morgan fingerprint density at radius 1 is 1.29 bits per heavy atom. The molecule has 0 fully saturated rings. The fourth-order valence-corrected chi connectivity index (χ4v) is 1.60. The number of nitrogens with one attached hydrogen (secondary N) is 1. The van der Waals surface area contributed by atoms with Crippen LogP contribution in [0.1, 0.15) is 0 Å². The lowest BCUT2D eigenvalue weighted by atomic mass is 10.2. The minimum atomic E-state index is -2.34. The minimum Gasteiger partial charge on any atom is -0.755 e. The van der Waals surface area contributed by atoms with E-state index in [0.717, 1.165) is 10.8 Å². The molecule has 2 rings (SSSR count). The molecule has 0 saturated carbocycles. The van der Waals surface area contributed by atoms with Gasteiger partial charge in [-0.1, -0.05) is 24.3 Å². The molecule has 0 radical (unpaired) electrons. The maximum Gasteiger partial charge on any atom is 0.144 e. The highest BCUT2D eigenvalue weighted by Crippen LogP contribution is 2.20. The average Bonchev–Trinajstić information content (AvgIpc) is 2.18. The van der Waals surface area contributed by atoms with Crippen LogP contribution in [-0.4, -0.2) is 13.7 Å². The van der Waals surface area contributed by atoms with E-state index in [-0.39, 0.29) is 0 Å². The molecule has 14 heavy (non-hydrogen) atoms. The van der Waals surface area contributed by atoms with E-state index in [1.165, 1.54) is 0 Å². The Morgan fingerprint density at radius 2 is 2.07 bits per heavy atom. The fraction of sp³-hybridized carbons (Fsp3) is 0. The predicted octanol–water partition coefficient (Wildman–Crippen LogP) is 1.44. The third kappa shape index (κ3) is 1.73. The van der Waals surface area contributed by atoms with Crippen LogP contribution in [0.15, 0.2) is 36.5 Å². The van der Waals surface area contributed by atoms with Gasteiger partial charge in [-0.2, -0.15) is 0 Å². The first-order valence-corrected chi connectivity index (χ1v) is 5.04. The van der Waals surface area contributed by atoms with Crippen molar-refractivity contribution in [3.05, 3.63) is 36.5 Å². The number of hydrogen-bond acceptors (Lipinski definition) is 3. The van der Waals surface area contributed by atoms with Crippen molar-refractivity contribution >= 4 is 27.9 Å². The second-order valence-corrected chi connectivity index (χ2v) is 3.39. The lowest BCUT2D eigenvalue weighted by Gasteiger charge is -2.09. The highest BCUT2D eigenvalue weighted by atomic mass is 32.2. The van der Waals surface area contributed by atoms with Crippen molar-refractivity contribution in [2.24, 2.45) is 0 Å². The van der Waals surface area contributed by atoms with Gasteiger partial charge in [0, 0.05) is 22.8 Å². The topological polar surface area (TPSA) is 65.0 Å². The Bertz CT molecular complexity index is 482. The first kappa shape index (κ1) is 9.11. The summed E-state index contributed by atoms with van der Waals surface area (Å²) in [6.07, 6.45) is 1.57. The molecular formula is C9H7N2O2S-. The van der Waals surface area contributed by atoms with E-state index < -0.39 is 11.3 Å². The number of aromatic nitrogens is 1. The monoisotopic (exact) mass is 207 g/mol. The lowest BCUT2D eigenvalue weighted by molar-refractivity contribution is 0.542. The third-order valence-electron chi connectivity index (χ3n) is 1.85. The van der Waals surface area contributed by atoms with Gasteiger partial charge in [-0.3, -0.25) is 8.93 Å². The zero-order chi connectivity index (χ0) is 9.97. The van der Waals surface area contributed by atoms with Crippen LogP contribution in [0.5, 0.6) is 0 Å². The van der Waals surface area contributed by atoms with Crippen LogP contribution in [0.4, 0.5) is 5.82 Å². The van der Waals surface area contributed by atoms with Crippen molar-refractivity contribution in [1.82, 2.24) is 4.98 Å². The van der Waals surface area contributed by atoms with E-state index >= 15 is 0 Å². The summed E-state index contributed by atoms with van der Waals surface area (Å²) in [5.41, 5.74) is 0. The zero-order valence-electron chi connectivity index (χ0n) is 7.14. The van der Waals surface area contributed by atoms with E-state index in [0.29, 0.717) is 5.82 Å². The van der Waals surface area contributed by atoms with Crippen molar-refractivity contribution in [2.45, 2.75) is 0 Å². The van der Waals surface area contributed by atoms with E-state index in [4.69, 9.17) is 0 Å². The number of pyridine rings is 1. The van der Waals surface area contributed by atoms with E-state index in [1.54, 1.807) is 6.20 Å². The summed E-state index contributed by atoms with van der Waals surface area (Å²) in [7, 11) is 0. The molecule has 1 atom stereocenters. The molecule has 1 N–H and O–H groups in total. The van der Waals surface area contributed by atoms with Gasteiger partial charge in [0.1, 0.15) is 5.82 Å². The quantitative estimate of drug-likeness (QED) is 0.758. The normalized spacial score (nSPS) is 12.6. The van der Waals surface area contributed by atoms with Gasteiger partial charge in [-0.15, -0.1) is 0 Å².